The molecule has 1 aliphatic heterocycles. The summed E-state index contributed by atoms with van der Waals surface area (Å²) in [5.74, 6) is 0.272. The summed E-state index contributed by atoms with van der Waals surface area (Å²) in [6.45, 7) is 4.72. The molecule has 118 valence electrons. The normalized spacial score (nSPS) is 22.8. The fourth-order valence-corrected chi connectivity index (χ4v) is 2.85. The molecule has 1 aliphatic rings. The van der Waals surface area contributed by atoms with Crippen LogP contribution in [0.1, 0.15) is 44.6 Å². The SMILES string of the molecule is CC(N)CCC(=O)N1CC(c2ccc(F)cc2)CC1C.Cl. The van der Waals surface area contributed by atoms with Crippen LogP contribution in [0.4, 0.5) is 4.39 Å². The van der Waals surface area contributed by atoms with Crippen molar-refractivity contribution in [3.63, 3.8) is 0 Å². The van der Waals surface area contributed by atoms with Crippen molar-refractivity contribution in [1.82, 2.24) is 4.90 Å². The molecule has 0 aliphatic carbocycles. The molecule has 1 saturated heterocycles. The van der Waals surface area contributed by atoms with Gasteiger partial charge < -0.3 is 10.6 Å². The van der Waals surface area contributed by atoms with E-state index in [0.717, 1.165) is 24.9 Å². The number of benzene rings is 1. The lowest BCUT2D eigenvalue weighted by Gasteiger charge is -2.22. The molecule has 1 heterocycles. The predicted molar refractivity (Wildman–Crippen MR) is 85.1 cm³/mol. The number of nitrogens with two attached hydrogens (primary N) is 1. The third-order valence-corrected chi connectivity index (χ3v) is 4.05. The van der Waals surface area contributed by atoms with E-state index < -0.39 is 0 Å². The van der Waals surface area contributed by atoms with Gasteiger partial charge in [0.1, 0.15) is 5.82 Å². The molecule has 3 nitrogen and oxygen atoms in total. The molecule has 1 amide bonds. The van der Waals surface area contributed by atoms with Crippen LogP contribution in [0.5, 0.6) is 0 Å². The van der Waals surface area contributed by atoms with Gasteiger partial charge in [-0.3, -0.25) is 4.79 Å². The zero-order valence-corrected chi connectivity index (χ0v) is 13.4. The van der Waals surface area contributed by atoms with Gasteiger partial charge in [-0.05, 0) is 44.4 Å². The third-order valence-electron chi connectivity index (χ3n) is 4.05. The van der Waals surface area contributed by atoms with Crippen LogP contribution in [0, 0.1) is 5.82 Å². The minimum Gasteiger partial charge on any atom is -0.339 e. The average molecular weight is 315 g/mol. The zero-order valence-electron chi connectivity index (χ0n) is 12.6. The van der Waals surface area contributed by atoms with Crippen LogP contribution in [0.3, 0.4) is 0 Å². The predicted octanol–water partition coefficient (Wildman–Crippen LogP) is 3.08. The lowest BCUT2D eigenvalue weighted by molar-refractivity contribution is -0.131. The molecule has 21 heavy (non-hydrogen) atoms. The standard InChI is InChI=1S/C16H23FN2O.ClH/c1-11(18)3-8-16(20)19-10-14(9-12(19)2)13-4-6-15(17)7-5-13;/h4-7,11-12,14H,3,8-10,18H2,1-2H3;1H. The highest BCUT2D eigenvalue weighted by Gasteiger charge is 2.32. The topological polar surface area (TPSA) is 46.3 Å². The summed E-state index contributed by atoms with van der Waals surface area (Å²) in [5.41, 5.74) is 6.81. The molecule has 0 spiro atoms. The number of rotatable bonds is 4. The van der Waals surface area contributed by atoms with Gasteiger partial charge in [0.15, 0.2) is 0 Å². The number of halogens is 2. The van der Waals surface area contributed by atoms with Crippen molar-refractivity contribution in [2.75, 3.05) is 6.54 Å². The van der Waals surface area contributed by atoms with Gasteiger partial charge in [0.05, 0.1) is 0 Å². The van der Waals surface area contributed by atoms with E-state index in [1.807, 2.05) is 24.0 Å². The van der Waals surface area contributed by atoms with Gasteiger partial charge in [-0.15, -0.1) is 12.4 Å². The highest BCUT2D eigenvalue weighted by Crippen LogP contribution is 2.32. The fraction of sp³-hybridized carbons (Fsp3) is 0.562. The first kappa shape index (κ1) is 17.9. The molecule has 1 fully saturated rings. The van der Waals surface area contributed by atoms with E-state index in [4.69, 9.17) is 5.73 Å². The maximum atomic E-state index is 13.0. The first-order chi connectivity index (χ1) is 9.47. The van der Waals surface area contributed by atoms with Crippen molar-refractivity contribution in [2.24, 2.45) is 5.73 Å². The second-order valence-electron chi connectivity index (χ2n) is 5.90. The van der Waals surface area contributed by atoms with Gasteiger partial charge >= 0.3 is 0 Å². The first-order valence-electron chi connectivity index (χ1n) is 7.28. The molecule has 3 atom stereocenters. The Balaban J connectivity index is 0.00000220. The molecule has 1 aromatic carbocycles. The number of amides is 1. The molecule has 2 N–H and O–H groups in total. The summed E-state index contributed by atoms with van der Waals surface area (Å²) < 4.78 is 13.0. The molecule has 0 bridgehead atoms. The maximum Gasteiger partial charge on any atom is 0.222 e. The average Bonchev–Trinajstić information content (AvgIpc) is 2.79. The Bertz CT molecular complexity index is 464. The van der Waals surface area contributed by atoms with Gasteiger partial charge in [-0.2, -0.15) is 0 Å². The molecule has 2 rings (SSSR count). The van der Waals surface area contributed by atoms with Crippen molar-refractivity contribution in [2.45, 2.75) is 51.1 Å². The molecule has 3 unspecified atom stereocenters. The molecular weight excluding hydrogens is 291 g/mol. The number of likely N-dealkylation sites (tertiary alicyclic amines) is 1. The minimum absolute atomic E-state index is 0. The lowest BCUT2D eigenvalue weighted by atomic mass is 9.97. The van der Waals surface area contributed by atoms with Crippen molar-refractivity contribution >= 4 is 18.3 Å². The molecule has 0 aromatic heterocycles. The first-order valence-corrected chi connectivity index (χ1v) is 7.28. The summed E-state index contributed by atoms with van der Waals surface area (Å²) in [6, 6.07) is 6.92. The maximum absolute atomic E-state index is 13.0. The molecule has 5 heteroatoms. The number of hydrogen-bond acceptors (Lipinski definition) is 2. The Hall–Kier alpha value is -1.13. The fourth-order valence-electron chi connectivity index (χ4n) is 2.85. The zero-order chi connectivity index (χ0) is 14.7. The molecule has 0 saturated carbocycles. The van der Waals surface area contributed by atoms with Crippen LogP contribution < -0.4 is 5.73 Å². The van der Waals surface area contributed by atoms with Gasteiger partial charge in [0.25, 0.3) is 0 Å². The van der Waals surface area contributed by atoms with Crippen LogP contribution in [0.15, 0.2) is 24.3 Å². The van der Waals surface area contributed by atoms with E-state index in [-0.39, 0.29) is 36.2 Å². The quantitative estimate of drug-likeness (QED) is 0.928. The van der Waals surface area contributed by atoms with Crippen molar-refractivity contribution in [1.29, 1.82) is 0 Å². The Labute approximate surface area is 132 Å². The largest absolute Gasteiger partial charge is 0.339 e. The highest BCUT2D eigenvalue weighted by atomic mass is 35.5. The van der Waals surface area contributed by atoms with E-state index in [9.17, 15) is 9.18 Å². The van der Waals surface area contributed by atoms with Crippen molar-refractivity contribution in [3.05, 3.63) is 35.6 Å². The summed E-state index contributed by atoms with van der Waals surface area (Å²) in [6.07, 6.45) is 2.18. The van der Waals surface area contributed by atoms with Gasteiger partial charge in [-0.25, -0.2) is 4.39 Å². The highest BCUT2D eigenvalue weighted by molar-refractivity contribution is 5.85. The van der Waals surface area contributed by atoms with Crippen molar-refractivity contribution in [3.8, 4) is 0 Å². The summed E-state index contributed by atoms with van der Waals surface area (Å²) >= 11 is 0. The van der Waals surface area contributed by atoms with Crippen LogP contribution in [0.2, 0.25) is 0 Å². The molecule has 1 aromatic rings. The lowest BCUT2D eigenvalue weighted by Crippen LogP contribution is -2.34. The smallest absolute Gasteiger partial charge is 0.222 e. The second-order valence-corrected chi connectivity index (χ2v) is 5.90. The second kappa shape index (κ2) is 7.76. The van der Waals surface area contributed by atoms with E-state index in [2.05, 4.69) is 6.92 Å². The van der Waals surface area contributed by atoms with Crippen LogP contribution in [-0.2, 0) is 4.79 Å². The van der Waals surface area contributed by atoms with E-state index in [0.29, 0.717) is 12.3 Å². The number of carbonyl (C=O) groups excluding carboxylic acids is 1. The van der Waals surface area contributed by atoms with Crippen LogP contribution in [-0.4, -0.2) is 29.4 Å². The minimum atomic E-state index is -0.218. The van der Waals surface area contributed by atoms with Crippen molar-refractivity contribution < 1.29 is 9.18 Å². The number of hydrogen-bond donors (Lipinski definition) is 1. The van der Waals surface area contributed by atoms with Gasteiger partial charge in [-0.1, -0.05) is 12.1 Å². The Morgan fingerprint density at radius 1 is 1.43 bits per heavy atom. The molecular formula is C16H24ClFN2O. The third kappa shape index (κ3) is 4.68. The molecule has 0 radical (unpaired) electrons. The Kier molecular flexibility index (Phi) is 6.62. The van der Waals surface area contributed by atoms with E-state index >= 15 is 0 Å². The number of carbonyl (C=O) groups is 1. The van der Waals surface area contributed by atoms with Gasteiger partial charge in [0.2, 0.25) is 5.91 Å². The monoisotopic (exact) mass is 314 g/mol. The Morgan fingerprint density at radius 3 is 2.62 bits per heavy atom. The van der Waals surface area contributed by atoms with E-state index in [1.165, 1.54) is 12.1 Å². The van der Waals surface area contributed by atoms with Gasteiger partial charge in [0, 0.05) is 31.0 Å². The number of nitrogens with zero attached hydrogens (tertiary/aromatic N) is 1. The Morgan fingerprint density at radius 2 is 2.05 bits per heavy atom. The van der Waals surface area contributed by atoms with E-state index in [1.54, 1.807) is 0 Å². The summed E-state index contributed by atoms with van der Waals surface area (Å²) in [4.78, 5) is 14.1. The van der Waals surface area contributed by atoms with Crippen LogP contribution >= 0.6 is 12.4 Å². The summed E-state index contributed by atoms with van der Waals surface area (Å²) in [7, 11) is 0. The summed E-state index contributed by atoms with van der Waals surface area (Å²) in [5, 5.41) is 0. The van der Waals surface area contributed by atoms with Crippen LogP contribution in [0.25, 0.3) is 0 Å².